The zero-order valence-electron chi connectivity index (χ0n) is 13.8. The summed E-state index contributed by atoms with van der Waals surface area (Å²) in [7, 11) is 0. The number of hydrogen-bond acceptors (Lipinski definition) is 3. The van der Waals surface area contributed by atoms with Gasteiger partial charge in [0, 0.05) is 0 Å². The molecule has 1 amide bonds. The minimum Gasteiger partial charge on any atom is -0.351 e. The molecule has 2 aromatic carbocycles. The van der Waals surface area contributed by atoms with Crippen molar-refractivity contribution in [3.63, 3.8) is 0 Å². The lowest BCUT2D eigenvalue weighted by Crippen LogP contribution is -2.39. The van der Waals surface area contributed by atoms with Crippen molar-refractivity contribution in [2.75, 3.05) is 0 Å². The summed E-state index contributed by atoms with van der Waals surface area (Å²) in [5.74, 6) is -0.454. The summed E-state index contributed by atoms with van der Waals surface area (Å²) in [4.78, 5) is 24.4. The highest BCUT2D eigenvalue weighted by Crippen LogP contribution is 2.39. The van der Waals surface area contributed by atoms with Gasteiger partial charge in [0.2, 0.25) is 5.91 Å². The average Bonchev–Trinajstić information content (AvgIpc) is 2.71. The normalized spacial score (nSPS) is 27.2. The molecule has 0 saturated carbocycles. The second-order valence-corrected chi connectivity index (χ2v) is 6.26. The summed E-state index contributed by atoms with van der Waals surface area (Å²) in [6, 6.07) is 18.4. The van der Waals surface area contributed by atoms with Crippen molar-refractivity contribution in [2.24, 2.45) is 11.2 Å². The maximum atomic E-state index is 12.6. The summed E-state index contributed by atoms with van der Waals surface area (Å²) >= 11 is 0. The Morgan fingerprint density at radius 2 is 1.38 bits per heavy atom. The van der Waals surface area contributed by atoms with Crippen molar-refractivity contribution >= 4 is 5.91 Å². The minimum absolute atomic E-state index is 0.0663. The van der Waals surface area contributed by atoms with E-state index in [-0.39, 0.29) is 23.9 Å². The summed E-state index contributed by atoms with van der Waals surface area (Å²) in [6.07, 6.45) is 0. The van der Waals surface area contributed by atoms with Crippen molar-refractivity contribution in [3.8, 4) is 0 Å². The average molecular weight is 323 g/mol. The quantitative estimate of drug-likeness (QED) is 0.878. The van der Waals surface area contributed by atoms with Gasteiger partial charge in [-0.25, -0.2) is 5.01 Å². The molecule has 0 aromatic heterocycles. The van der Waals surface area contributed by atoms with Crippen LogP contribution < -0.4 is 5.32 Å². The first-order valence-corrected chi connectivity index (χ1v) is 8.15. The van der Waals surface area contributed by atoms with E-state index in [1.165, 1.54) is 5.01 Å². The van der Waals surface area contributed by atoms with Crippen LogP contribution in [0.15, 0.2) is 65.9 Å². The van der Waals surface area contributed by atoms with E-state index in [1.54, 1.807) is 0 Å². The Morgan fingerprint density at radius 1 is 0.875 bits per heavy atom. The van der Waals surface area contributed by atoms with Crippen LogP contribution in [0.1, 0.15) is 37.1 Å². The molecule has 4 atom stereocenters. The highest BCUT2D eigenvalue weighted by atomic mass is 16.3. The molecule has 1 aliphatic heterocycles. The van der Waals surface area contributed by atoms with E-state index in [1.807, 2.05) is 74.5 Å². The minimum atomic E-state index is -0.404. The predicted molar refractivity (Wildman–Crippen MR) is 92.8 cm³/mol. The van der Waals surface area contributed by atoms with Gasteiger partial charge in [0.25, 0.3) is 0 Å². The van der Waals surface area contributed by atoms with Gasteiger partial charge in [-0.05, 0) is 18.1 Å². The maximum absolute atomic E-state index is 12.6. The monoisotopic (exact) mass is 323 g/mol. The molecule has 0 unspecified atom stereocenters. The van der Waals surface area contributed by atoms with Crippen LogP contribution >= 0.6 is 0 Å². The van der Waals surface area contributed by atoms with Crippen LogP contribution in [0.4, 0.5) is 0 Å². The van der Waals surface area contributed by atoms with Crippen molar-refractivity contribution in [3.05, 3.63) is 76.7 Å². The lowest BCUT2D eigenvalue weighted by molar-refractivity contribution is -0.125. The van der Waals surface area contributed by atoms with Gasteiger partial charge in [-0.1, -0.05) is 67.6 Å². The first-order chi connectivity index (χ1) is 11.6. The zero-order chi connectivity index (χ0) is 17.1. The van der Waals surface area contributed by atoms with E-state index >= 15 is 0 Å². The van der Waals surface area contributed by atoms with E-state index in [2.05, 4.69) is 10.6 Å². The topological polar surface area (TPSA) is 61.8 Å². The maximum Gasteiger partial charge on any atom is 0.225 e. The lowest BCUT2D eigenvalue weighted by atomic mass is 9.92. The molecule has 1 fully saturated rings. The number of amides is 1. The molecule has 1 N–H and O–H groups in total. The first kappa shape index (κ1) is 16.2. The SMILES string of the molecule is C[C@@H]1NC(=O)[C@H](C)[C@H](c2ccccc2)N(N=O)[C@@H]1c1ccccc1. The van der Waals surface area contributed by atoms with Gasteiger partial charge in [-0.15, -0.1) is 4.91 Å². The van der Waals surface area contributed by atoms with Crippen LogP contribution in [0.25, 0.3) is 0 Å². The lowest BCUT2D eigenvalue weighted by Gasteiger charge is -2.35. The van der Waals surface area contributed by atoms with Crippen LogP contribution in [0, 0.1) is 10.8 Å². The molecule has 1 saturated heterocycles. The molecule has 124 valence electrons. The summed E-state index contributed by atoms with van der Waals surface area (Å²) < 4.78 is 0. The number of benzene rings is 2. The first-order valence-electron chi connectivity index (χ1n) is 8.15. The van der Waals surface area contributed by atoms with E-state index < -0.39 is 6.04 Å². The van der Waals surface area contributed by atoms with Gasteiger partial charge < -0.3 is 5.32 Å². The van der Waals surface area contributed by atoms with Crippen molar-refractivity contribution < 1.29 is 4.79 Å². The van der Waals surface area contributed by atoms with Gasteiger partial charge in [0.15, 0.2) is 0 Å². The van der Waals surface area contributed by atoms with Crippen LogP contribution in [0.3, 0.4) is 0 Å². The van der Waals surface area contributed by atoms with Crippen molar-refractivity contribution in [2.45, 2.75) is 32.0 Å². The summed E-state index contributed by atoms with van der Waals surface area (Å²) in [5, 5.41) is 7.91. The molecule has 3 rings (SSSR count). The van der Waals surface area contributed by atoms with Crippen LogP contribution in [-0.4, -0.2) is 17.0 Å². The van der Waals surface area contributed by atoms with Gasteiger partial charge in [0.05, 0.1) is 29.3 Å². The number of carbonyl (C=O) groups excluding carboxylic acids is 1. The zero-order valence-corrected chi connectivity index (χ0v) is 13.8. The third-order valence-corrected chi connectivity index (χ3v) is 4.68. The number of carbonyl (C=O) groups is 1. The molecule has 5 nitrogen and oxygen atoms in total. The smallest absolute Gasteiger partial charge is 0.225 e. The fraction of sp³-hybridized carbons (Fsp3) is 0.316. The van der Waals surface area contributed by atoms with E-state index in [9.17, 15) is 9.70 Å². The van der Waals surface area contributed by atoms with Crippen molar-refractivity contribution in [1.82, 2.24) is 10.3 Å². The molecule has 1 aliphatic rings. The Labute approximate surface area is 141 Å². The molecule has 0 radical (unpaired) electrons. The number of nitroso groups, excluding NO2 is 1. The van der Waals surface area contributed by atoms with Crippen LogP contribution in [0.5, 0.6) is 0 Å². The van der Waals surface area contributed by atoms with Crippen molar-refractivity contribution in [1.29, 1.82) is 0 Å². The molecule has 2 aromatic rings. The molecule has 24 heavy (non-hydrogen) atoms. The largest absolute Gasteiger partial charge is 0.351 e. The Bertz CT molecular complexity index is 705. The third-order valence-electron chi connectivity index (χ3n) is 4.68. The molecule has 0 aliphatic carbocycles. The predicted octanol–water partition coefficient (Wildman–Crippen LogP) is 3.61. The van der Waals surface area contributed by atoms with Gasteiger partial charge in [-0.2, -0.15) is 0 Å². The highest BCUT2D eigenvalue weighted by molar-refractivity contribution is 5.80. The second-order valence-electron chi connectivity index (χ2n) is 6.26. The van der Waals surface area contributed by atoms with Gasteiger partial charge in [-0.3, -0.25) is 4.79 Å². The summed E-state index contributed by atoms with van der Waals surface area (Å²) in [6.45, 7) is 3.75. The second kappa shape index (κ2) is 6.83. The van der Waals surface area contributed by atoms with Crippen LogP contribution in [-0.2, 0) is 4.79 Å². The highest BCUT2D eigenvalue weighted by Gasteiger charge is 2.42. The Balaban J connectivity index is 2.12. The Morgan fingerprint density at radius 3 is 1.88 bits per heavy atom. The molecular formula is C19H21N3O2. The summed E-state index contributed by atoms with van der Waals surface area (Å²) in [5.41, 5.74) is 1.87. The molecule has 0 bridgehead atoms. The van der Waals surface area contributed by atoms with E-state index in [0.29, 0.717) is 0 Å². The molecular weight excluding hydrogens is 302 g/mol. The van der Waals surface area contributed by atoms with E-state index in [4.69, 9.17) is 0 Å². The number of rotatable bonds is 3. The van der Waals surface area contributed by atoms with Crippen LogP contribution in [0.2, 0.25) is 0 Å². The Kier molecular flexibility index (Phi) is 4.60. The number of hydrogen-bond donors (Lipinski definition) is 1. The molecule has 0 spiro atoms. The fourth-order valence-electron chi connectivity index (χ4n) is 3.49. The Hall–Kier alpha value is -2.69. The number of nitrogens with one attached hydrogen (secondary N) is 1. The molecule has 5 heteroatoms. The fourth-order valence-corrected chi connectivity index (χ4v) is 3.49. The number of nitrogens with zero attached hydrogens (tertiary/aromatic N) is 2. The molecule has 1 heterocycles. The van der Waals surface area contributed by atoms with Gasteiger partial charge in [0.1, 0.15) is 0 Å². The van der Waals surface area contributed by atoms with E-state index in [0.717, 1.165) is 11.1 Å². The third kappa shape index (κ3) is 2.89. The standard InChI is InChI=1S/C19H21N3O2/c1-13-17(15-9-5-3-6-10-15)22(21-24)18(14(2)20-19(13)23)16-11-7-4-8-12-16/h3-14,17-18H,1-2H3,(H,20,23)/t13-,14+,17-,18+/m1/s1. The van der Waals surface area contributed by atoms with Gasteiger partial charge >= 0.3 is 0 Å².